The molecule has 4 nitrogen and oxygen atoms in total. The van der Waals surface area contributed by atoms with E-state index in [2.05, 4.69) is 27.7 Å². The zero-order valence-electron chi connectivity index (χ0n) is 11.7. The third kappa shape index (κ3) is 4.04. The number of carbonyl (C=O) groups is 1. The lowest BCUT2D eigenvalue weighted by Gasteiger charge is -2.24. The predicted molar refractivity (Wildman–Crippen MR) is 76.9 cm³/mol. The van der Waals surface area contributed by atoms with Gasteiger partial charge in [0.2, 0.25) is 5.91 Å². The van der Waals surface area contributed by atoms with Crippen LogP contribution in [-0.2, 0) is 4.79 Å². The average molecular weight is 261 g/mol. The summed E-state index contributed by atoms with van der Waals surface area (Å²) in [6.07, 6.45) is 2.02. The number of hydrogen-bond acceptors (Lipinski definition) is 3. The van der Waals surface area contributed by atoms with E-state index < -0.39 is 0 Å². The topological polar surface area (TPSA) is 44.4 Å². The van der Waals surface area contributed by atoms with Crippen molar-refractivity contribution in [2.75, 3.05) is 27.2 Å². The first-order valence-electron chi connectivity index (χ1n) is 6.90. The molecule has 0 bridgehead atoms. The summed E-state index contributed by atoms with van der Waals surface area (Å²) in [5, 5.41) is 6.40. The second kappa shape index (κ2) is 6.68. The fraction of sp³-hybridized carbons (Fsp3) is 0.533. The van der Waals surface area contributed by atoms with Crippen LogP contribution < -0.4 is 10.6 Å². The molecule has 0 spiro atoms. The third-order valence-corrected chi connectivity index (χ3v) is 3.44. The van der Waals surface area contributed by atoms with Crippen molar-refractivity contribution >= 4 is 5.91 Å². The van der Waals surface area contributed by atoms with Gasteiger partial charge in [-0.1, -0.05) is 30.3 Å². The number of amides is 1. The molecule has 2 rings (SSSR count). The molecule has 1 aliphatic heterocycles. The number of nitrogens with one attached hydrogen (secondary N) is 2. The molecule has 104 valence electrons. The van der Waals surface area contributed by atoms with Crippen LogP contribution in [-0.4, -0.2) is 44.0 Å². The quantitative estimate of drug-likeness (QED) is 0.836. The minimum atomic E-state index is -0.0200. The van der Waals surface area contributed by atoms with Crippen molar-refractivity contribution in [3.63, 3.8) is 0 Å². The van der Waals surface area contributed by atoms with E-state index in [4.69, 9.17) is 0 Å². The largest absolute Gasteiger partial charge is 0.347 e. The number of rotatable bonds is 5. The Kier molecular flexibility index (Phi) is 4.93. The zero-order chi connectivity index (χ0) is 13.7. The molecule has 1 amide bonds. The Bertz CT molecular complexity index is 399. The van der Waals surface area contributed by atoms with Crippen LogP contribution in [0.15, 0.2) is 30.3 Å². The van der Waals surface area contributed by atoms with E-state index in [0.29, 0.717) is 0 Å². The fourth-order valence-corrected chi connectivity index (χ4v) is 2.47. The lowest BCUT2D eigenvalue weighted by molar-refractivity contribution is -0.123. The van der Waals surface area contributed by atoms with Gasteiger partial charge in [0.05, 0.1) is 12.1 Å². The maximum Gasteiger partial charge on any atom is 0.237 e. The van der Waals surface area contributed by atoms with E-state index in [1.165, 1.54) is 0 Å². The highest BCUT2D eigenvalue weighted by atomic mass is 16.2. The molecule has 0 aliphatic carbocycles. The Morgan fingerprint density at radius 3 is 2.74 bits per heavy atom. The van der Waals surface area contributed by atoms with E-state index in [1.807, 2.05) is 32.3 Å². The summed E-state index contributed by atoms with van der Waals surface area (Å²) in [6, 6.07) is 10.2. The van der Waals surface area contributed by atoms with Crippen LogP contribution in [0.5, 0.6) is 0 Å². The van der Waals surface area contributed by atoms with E-state index in [1.54, 1.807) is 0 Å². The highest BCUT2D eigenvalue weighted by molar-refractivity contribution is 5.82. The molecule has 1 heterocycles. The summed E-state index contributed by atoms with van der Waals surface area (Å²) in [6.45, 7) is 1.75. The monoisotopic (exact) mass is 261 g/mol. The van der Waals surface area contributed by atoms with Crippen molar-refractivity contribution in [3.05, 3.63) is 35.9 Å². The van der Waals surface area contributed by atoms with Crippen LogP contribution in [0.2, 0.25) is 0 Å². The van der Waals surface area contributed by atoms with Gasteiger partial charge < -0.3 is 15.5 Å². The number of nitrogens with zero attached hydrogens (tertiary/aromatic N) is 1. The maximum atomic E-state index is 12.2. The highest BCUT2D eigenvalue weighted by Gasteiger charge is 2.24. The van der Waals surface area contributed by atoms with Crippen LogP contribution in [0.1, 0.15) is 24.4 Å². The van der Waals surface area contributed by atoms with Crippen molar-refractivity contribution in [2.45, 2.75) is 24.9 Å². The second-order valence-electron chi connectivity index (χ2n) is 5.38. The Hall–Kier alpha value is -1.39. The van der Waals surface area contributed by atoms with Crippen molar-refractivity contribution in [1.29, 1.82) is 0 Å². The molecule has 0 unspecified atom stereocenters. The Balaban J connectivity index is 2.03. The van der Waals surface area contributed by atoms with Crippen molar-refractivity contribution in [3.8, 4) is 0 Å². The molecular formula is C15H23N3O. The molecule has 2 N–H and O–H groups in total. The number of hydrogen-bond donors (Lipinski definition) is 2. The predicted octanol–water partition coefficient (Wildman–Crippen LogP) is 1.16. The summed E-state index contributed by atoms with van der Waals surface area (Å²) < 4.78 is 0. The number of carbonyl (C=O) groups excluding carboxylic acids is 1. The second-order valence-corrected chi connectivity index (χ2v) is 5.38. The zero-order valence-corrected chi connectivity index (χ0v) is 11.7. The summed E-state index contributed by atoms with van der Waals surface area (Å²) in [7, 11) is 4.05. The van der Waals surface area contributed by atoms with Gasteiger partial charge in [-0.15, -0.1) is 0 Å². The first-order chi connectivity index (χ1) is 9.16. The molecule has 1 aliphatic rings. The standard InChI is InChI=1S/C15H23N3O/c1-18(2)11-14(12-7-4-3-5-8-12)17-15(19)13-9-6-10-16-13/h3-5,7-8,13-14,16H,6,9-11H2,1-2H3,(H,17,19)/t13-,14-/m0/s1. The van der Waals surface area contributed by atoms with E-state index in [0.717, 1.165) is 31.5 Å². The van der Waals surface area contributed by atoms with Gasteiger partial charge in [-0.3, -0.25) is 4.79 Å². The highest BCUT2D eigenvalue weighted by Crippen LogP contribution is 2.14. The molecule has 1 fully saturated rings. The lowest BCUT2D eigenvalue weighted by Crippen LogP contribution is -2.44. The molecule has 1 saturated heterocycles. The first kappa shape index (κ1) is 14.0. The fourth-order valence-electron chi connectivity index (χ4n) is 2.47. The number of benzene rings is 1. The van der Waals surface area contributed by atoms with Gasteiger partial charge in [-0.05, 0) is 39.0 Å². The van der Waals surface area contributed by atoms with Gasteiger partial charge in [0.25, 0.3) is 0 Å². The normalized spacial score (nSPS) is 20.5. The molecule has 1 aromatic carbocycles. The summed E-state index contributed by atoms with van der Waals surface area (Å²) in [5.41, 5.74) is 1.16. The van der Waals surface area contributed by atoms with Gasteiger partial charge in [0, 0.05) is 6.54 Å². The molecule has 0 aromatic heterocycles. The van der Waals surface area contributed by atoms with E-state index in [9.17, 15) is 4.79 Å². The lowest BCUT2D eigenvalue weighted by atomic mass is 10.1. The SMILES string of the molecule is CN(C)C[C@H](NC(=O)[C@@H]1CCCN1)c1ccccc1. The molecule has 1 aromatic rings. The van der Waals surface area contributed by atoms with E-state index in [-0.39, 0.29) is 18.0 Å². The minimum absolute atomic E-state index is 0.0200. The molecular weight excluding hydrogens is 238 g/mol. The van der Waals surface area contributed by atoms with Gasteiger partial charge in [-0.25, -0.2) is 0 Å². The van der Waals surface area contributed by atoms with Gasteiger partial charge in [-0.2, -0.15) is 0 Å². The molecule has 0 radical (unpaired) electrons. The van der Waals surface area contributed by atoms with Gasteiger partial charge >= 0.3 is 0 Å². The number of likely N-dealkylation sites (N-methyl/N-ethyl adjacent to an activating group) is 1. The van der Waals surface area contributed by atoms with Crippen molar-refractivity contribution in [1.82, 2.24) is 15.5 Å². The van der Waals surface area contributed by atoms with Crippen LogP contribution >= 0.6 is 0 Å². The van der Waals surface area contributed by atoms with Crippen molar-refractivity contribution in [2.24, 2.45) is 0 Å². The summed E-state index contributed by atoms with van der Waals surface area (Å²) in [5.74, 6) is 0.119. The Labute approximate surface area is 115 Å². The molecule has 0 saturated carbocycles. The average Bonchev–Trinajstić information content (AvgIpc) is 2.92. The summed E-state index contributed by atoms with van der Waals surface area (Å²) in [4.78, 5) is 14.3. The molecule has 19 heavy (non-hydrogen) atoms. The van der Waals surface area contributed by atoms with Crippen molar-refractivity contribution < 1.29 is 4.79 Å². The van der Waals surface area contributed by atoms with Crippen LogP contribution in [0.25, 0.3) is 0 Å². The van der Waals surface area contributed by atoms with Gasteiger partial charge in [0.15, 0.2) is 0 Å². The molecule has 4 heteroatoms. The van der Waals surface area contributed by atoms with Crippen LogP contribution in [0, 0.1) is 0 Å². The maximum absolute atomic E-state index is 12.2. The van der Waals surface area contributed by atoms with E-state index >= 15 is 0 Å². The first-order valence-corrected chi connectivity index (χ1v) is 6.90. The van der Waals surface area contributed by atoms with Crippen LogP contribution in [0.3, 0.4) is 0 Å². The smallest absolute Gasteiger partial charge is 0.237 e. The third-order valence-electron chi connectivity index (χ3n) is 3.44. The Morgan fingerprint density at radius 1 is 1.42 bits per heavy atom. The van der Waals surface area contributed by atoms with Gasteiger partial charge in [0.1, 0.15) is 0 Å². The minimum Gasteiger partial charge on any atom is -0.347 e. The van der Waals surface area contributed by atoms with Crippen LogP contribution in [0.4, 0.5) is 0 Å². The molecule has 2 atom stereocenters. The Morgan fingerprint density at radius 2 is 2.16 bits per heavy atom. The summed E-state index contributed by atoms with van der Waals surface area (Å²) >= 11 is 0.